The fourth-order valence-corrected chi connectivity index (χ4v) is 4.53. The third-order valence-corrected chi connectivity index (χ3v) is 6.20. The second-order valence-electron chi connectivity index (χ2n) is 7.42. The zero-order chi connectivity index (χ0) is 22.6. The predicted octanol–water partition coefficient (Wildman–Crippen LogP) is 4.42. The van der Waals surface area contributed by atoms with Crippen LogP contribution in [0.3, 0.4) is 0 Å². The number of ether oxygens (including phenoxy) is 1. The Kier molecular flexibility index (Phi) is 6.23. The van der Waals surface area contributed by atoms with Crippen molar-refractivity contribution in [2.24, 2.45) is 0 Å². The molecule has 0 spiro atoms. The van der Waals surface area contributed by atoms with Gasteiger partial charge in [-0.15, -0.1) is 10.2 Å². The minimum atomic E-state index is -0.0706. The van der Waals surface area contributed by atoms with Gasteiger partial charge in [0, 0.05) is 25.3 Å². The molecule has 168 valence electrons. The van der Waals surface area contributed by atoms with E-state index in [4.69, 9.17) is 9.15 Å². The number of thioether (sulfide) groups is 1. The van der Waals surface area contributed by atoms with Crippen LogP contribution in [0.4, 0.5) is 0 Å². The highest BCUT2D eigenvalue weighted by Crippen LogP contribution is 2.27. The summed E-state index contributed by atoms with van der Waals surface area (Å²) in [5.74, 6) is 2.34. The van der Waals surface area contributed by atoms with E-state index >= 15 is 0 Å². The number of para-hydroxylation sites is 1. The Labute approximate surface area is 194 Å². The topological polar surface area (TPSA) is 87.5 Å². The molecule has 3 aromatic heterocycles. The highest BCUT2D eigenvalue weighted by Gasteiger charge is 2.17. The Balaban J connectivity index is 1.46. The van der Waals surface area contributed by atoms with E-state index in [0.29, 0.717) is 47.7 Å². The molecule has 0 saturated carbocycles. The van der Waals surface area contributed by atoms with E-state index in [0.717, 1.165) is 23.3 Å². The maximum absolute atomic E-state index is 13.1. The number of rotatable bonds is 9. The minimum Gasteiger partial charge on any atom is -0.440 e. The number of oxazole rings is 1. The van der Waals surface area contributed by atoms with Gasteiger partial charge in [-0.25, -0.2) is 4.98 Å². The fourth-order valence-electron chi connectivity index (χ4n) is 3.74. The first kappa shape index (κ1) is 21.4. The van der Waals surface area contributed by atoms with Gasteiger partial charge in [-0.05, 0) is 25.5 Å². The van der Waals surface area contributed by atoms with Crippen molar-refractivity contribution in [2.75, 3.05) is 13.2 Å². The summed E-state index contributed by atoms with van der Waals surface area (Å²) in [6.07, 6.45) is 2.45. The van der Waals surface area contributed by atoms with Gasteiger partial charge in [0.2, 0.25) is 11.7 Å². The summed E-state index contributed by atoms with van der Waals surface area (Å²) in [4.78, 5) is 17.6. The number of hydrogen-bond donors (Lipinski definition) is 0. The lowest BCUT2D eigenvalue weighted by Crippen LogP contribution is -2.24. The quantitative estimate of drug-likeness (QED) is 0.237. The standard InChI is InChI=1S/C24H23N5O3S/c1-2-31-14-8-13-28-22(30)18-11-6-7-12-19(18)29-23(28)26-27-24(29)33-16-21-25-15-20(32-21)17-9-4-3-5-10-17/h3-7,9-12,15H,2,8,13-14,16H2,1H3. The van der Waals surface area contributed by atoms with Crippen LogP contribution in [-0.2, 0) is 17.0 Å². The van der Waals surface area contributed by atoms with E-state index < -0.39 is 0 Å². The third kappa shape index (κ3) is 4.29. The lowest BCUT2D eigenvalue weighted by molar-refractivity contribution is 0.141. The van der Waals surface area contributed by atoms with Gasteiger partial charge < -0.3 is 9.15 Å². The van der Waals surface area contributed by atoms with Gasteiger partial charge >= 0.3 is 0 Å². The Bertz CT molecular complexity index is 1440. The van der Waals surface area contributed by atoms with Crippen molar-refractivity contribution in [2.45, 2.75) is 30.8 Å². The van der Waals surface area contributed by atoms with Crippen LogP contribution in [0.15, 0.2) is 75.2 Å². The molecule has 0 saturated heterocycles. The largest absolute Gasteiger partial charge is 0.440 e. The van der Waals surface area contributed by atoms with Crippen LogP contribution in [0.25, 0.3) is 28.0 Å². The summed E-state index contributed by atoms with van der Waals surface area (Å²) >= 11 is 1.47. The van der Waals surface area contributed by atoms with Crippen molar-refractivity contribution in [1.29, 1.82) is 0 Å². The molecule has 5 aromatic rings. The number of nitrogens with zero attached hydrogens (tertiary/aromatic N) is 5. The fraction of sp³-hybridized carbons (Fsp3) is 0.250. The van der Waals surface area contributed by atoms with Crippen LogP contribution in [0.5, 0.6) is 0 Å². The number of aryl methyl sites for hydroxylation is 1. The number of aromatic nitrogens is 5. The maximum Gasteiger partial charge on any atom is 0.262 e. The van der Waals surface area contributed by atoms with E-state index in [1.807, 2.05) is 65.9 Å². The first-order valence-corrected chi connectivity index (χ1v) is 11.8. The summed E-state index contributed by atoms with van der Waals surface area (Å²) in [5.41, 5.74) is 1.69. The second-order valence-corrected chi connectivity index (χ2v) is 8.36. The Morgan fingerprint density at radius 1 is 1.06 bits per heavy atom. The zero-order valence-electron chi connectivity index (χ0n) is 18.2. The molecule has 2 aromatic carbocycles. The van der Waals surface area contributed by atoms with Gasteiger partial charge in [-0.1, -0.05) is 54.2 Å². The lowest BCUT2D eigenvalue weighted by Gasteiger charge is -2.11. The summed E-state index contributed by atoms with van der Waals surface area (Å²) in [6.45, 7) is 3.71. The summed E-state index contributed by atoms with van der Waals surface area (Å²) in [7, 11) is 0. The molecular weight excluding hydrogens is 438 g/mol. The normalized spacial score (nSPS) is 11.5. The van der Waals surface area contributed by atoms with Gasteiger partial charge in [-0.3, -0.25) is 13.8 Å². The van der Waals surface area contributed by atoms with Gasteiger partial charge in [0.15, 0.2) is 10.9 Å². The van der Waals surface area contributed by atoms with Crippen molar-refractivity contribution in [1.82, 2.24) is 24.1 Å². The lowest BCUT2D eigenvalue weighted by atomic mass is 10.2. The molecular formula is C24H23N5O3S. The SMILES string of the molecule is CCOCCCn1c(=O)c2ccccc2n2c(SCc3ncc(-c4ccccc4)o3)nnc12. The summed E-state index contributed by atoms with van der Waals surface area (Å²) in [5, 5.41) is 10.1. The Morgan fingerprint density at radius 3 is 2.73 bits per heavy atom. The Hall–Kier alpha value is -3.43. The molecule has 5 rings (SSSR count). The van der Waals surface area contributed by atoms with Crippen molar-refractivity contribution < 1.29 is 9.15 Å². The van der Waals surface area contributed by atoms with E-state index in [-0.39, 0.29) is 5.56 Å². The average Bonchev–Trinajstić information content (AvgIpc) is 3.50. The zero-order valence-corrected chi connectivity index (χ0v) is 19.0. The third-order valence-electron chi connectivity index (χ3n) is 5.29. The highest BCUT2D eigenvalue weighted by molar-refractivity contribution is 7.98. The molecule has 0 unspecified atom stereocenters. The molecule has 0 aliphatic rings. The monoisotopic (exact) mass is 461 g/mol. The van der Waals surface area contributed by atoms with Crippen molar-refractivity contribution in [3.05, 3.63) is 77.0 Å². The van der Waals surface area contributed by atoms with Crippen LogP contribution in [-0.4, -0.2) is 37.4 Å². The minimum absolute atomic E-state index is 0.0706. The molecule has 0 N–H and O–H groups in total. The van der Waals surface area contributed by atoms with Crippen LogP contribution >= 0.6 is 11.8 Å². The molecule has 0 atom stereocenters. The van der Waals surface area contributed by atoms with E-state index in [9.17, 15) is 4.79 Å². The molecule has 8 nitrogen and oxygen atoms in total. The maximum atomic E-state index is 13.1. The molecule has 0 amide bonds. The van der Waals surface area contributed by atoms with E-state index in [1.165, 1.54) is 11.8 Å². The number of hydrogen-bond acceptors (Lipinski definition) is 7. The van der Waals surface area contributed by atoms with Crippen molar-refractivity contribution in [3.63, 3.8) is 0 Å². The molecule has 9 heteroatoms. The van der Waals surface area contributed by atoms with Crippen LogP contribution in [0, 0.1) is 0 Å². The molecule has 0 radical (unpaired) electrons. The smallest absolute Gasteiger partial charge is 0.262 e. The predicted molar refractivity (Wildman–Crippen MR) is 127 cm³/mol. The van der Waals surface area contributed by atoms with Crippen molar-refractivity contribution >= 4 is 28.4 Å². The summed E-state index contributed by atoms with van der Waals surface area (Å²) < 4.78 is 15.0. The first-order chi connectivity index (χ1) is 16.3. The molecule has 3 heterocycles. The van der Waals surface area contributed by atoms with E-state index in [2.05, 4.69) is 15.2 Å². The van der Waals surface area contributed by atoms with Crippen molar-refractivity contribution in [3.8, 4) is 11.3 Å². The second kappa shape index (κ2) is 9.60. The van der Waals surface area contributed by atoms with Gasteiger partial charge in [0.05, 0.1) is 22.9 Å². The van der Waals surface area contributed by atoms with Gasteiger partial charge in [-0.2, -0.15) is 0 Å². The Morgan fingerprint density at radius 2 is 1.88 bits per heavy atom. The van der Waals surface area contributed by atoms with Crippen LogP contribution in [0.1, 0.15) is 19.2 Å². The molecule has 33 heavy (non-hydrogen) atoms. The number of fused-ring (bicyclic) bond motifs is 3. The molecule has 0 aliphatic carbocycles. The van der Waals surface area contributed by atoms with Crippen LogP contribution < -0.4 is 5.56 Å². The van der Waals surface area contributed by atoms with Crippen LogP contribution in [0.2, 0.25) is 0 Å². The first-order valence-electron chi connectivity index (χ1n) is 10.8. The average molecular weight is 462 g/mol. The number of benzene rings is 2. The molecule has 0 bridgehead atoms. The molecule has 0 aliphatic heterocycles. The molecule has 0 fully saturated rings. The van der Waals surface area contributed by atoms with Gasteiger partial charge in [0.1, 0.15) is 0 Å². The summed E-state index contributed by atoms with van der Waals surface area (Å²) in [6, 6.07) is 17.4. The van der Waals surface area contributed by atoms with Gasteiger partial charge in [0.25, 0.3) is 5.56 Å². The highest BCUT2D eigenvalue weighted by atomic mass is 32.2. The van der Waals surface area contributed by atoms with E-state index in [1.54, 1.807) is 10.8 Å².